The third kappa shape index (κ3) is 5.34. The molecule has 2 aliphatic rings. The van der Waals surface area contributed by atoms with Gasteiger partial charge in [-0.2, -0.15) is 0 Å². The van der Waals surface area contributed by atoms with Gasteiger partial charge in [-0.15, -0.1) is 13.2 Å². The molecule has 0 aromatic heterocycles. The molecule has 2 aromatic rings. The first-order valence-electron chi connectivity index (χ1n) is 10.6. The predicted molar refractivity (Wildman–Crippen MR) is 108 cm³/mol. The van der Waals surface area contributed by atoms with E-state index in [1.807, 2.05) is 18.2 Å². The maximum Gasteiger partial charge on any atom is 0.573 e. The molecule has 0 saturated heterocycles. The number of halogens is 4. The molecule has 2 aliphatic carbocycles. The highest BCUT2D eigenvalue weighted by molar-refractivity contribution is 5.71. The molecule has 0 heterocycles. The van der Waals surface area contributed by atoms with Gasteiger partial charge in [0.2, 0.25) is 0 Å². The summed E-state index contributed by atoms with van der Waals surface area (Å²) in [7, 11) is 0. The van der Waals surface area contributed by atoms with Crippen molar-refractivity contribution in [1.82, 2.24) is 0 Å². The van der Waals surface area contributed by atoms with E-state index < -0.39 is 29.8 Å². The van der Waals surface area contributed by atoms with Gasteiger partial charge in [0, 0.05) is 5.92 Å². The van der Waals surface area contributed by atoms with Crippen LogP contribution < -0.4 is 9.47 Å². The molecule has 1 N–H and O–H groups in total. The van der Waals surface area contributed by atoms with Gasteiger partial charge in [0.15, 0.2) is 0 Å². The van der Waals surface area contributed by atoms with Crippen molar-refractivity contribution in [2.75, 3.05) is 6.61 Å². The van der Waals surface area contributed by atoms with Crippen LogP contribution in [0.4, 0.5) is 17.6 Å². The molecule has 4 rings (SSSR count). The molecule has 8 heteroatoms. The van der Waals surface area contributed by atoms with Crippen molar-refractivity contribution in [3.05, 3.63) is 59.4 Å². The summed E-state index contributed by atoms with van der Waals surface area (Å²) in [6.45, 7) is 2.01. The van der Waals surface area contributed by atoms with Crippen LogP contribution in [0.3, 0.4) is 0 Å². The average molecular weight is 452 g/mol. The van der Waals surface area contributed by atoms with E-state index in [1.54, 1.807) is 13.0 Å². The molecule has 2 saturated carbocycles. The van der Waals surface area contributed by atoms with Crippen LogP contribution >= 0.6 is 0 Å². The first-order chi connectivity index (χ1) is 15.1. The molecule has 172 valence electrons. The van der Waals surface area contributed by atoms with Crippen LogP contribution in [0.1, 0.15) is 49.1 Å². The van der Waals surface area contributed by atoms with Crippen molar-refractivity contribution in [3.8, 4) is 11.5 Å². The summed E-state index contributed by atoms with van der Waals surface area (Å²) in [4.78, 5) is 11.5. The quantitative estimate of drug-likeness (QED) is 0.466. The SMILES string of the molecule is C[C@H](C(=O)O)C(c1cccc(OC[C@H]2C[C@@H]2c2cc(OC(F)(F)F)ccc2F)c1)C1CC1. The highest BCUT2D eigenvalue weighted by Crippen LogP contribution is 2.50. The van der Waals surface area contributed by atoms with Gasteiger partial charge in [0.05, 0.1) is 12.5 Å². The maximum atomic E-state index is 14.2. The number of hydrogen-bond donors (Lipinski definition) is 1. The van der Waals surface area contributed by atoms with Crippen LogP contribution in [0.15, 0.2) is 42.5 Å². The summed E-state index contributed by atoms with van der Waals surface area (Å²) in [5.41, 5.74) is 1.12. The predicted octanol–water partition coefficient (Wildman–Crippen LogP) is 6.12. The Morgan fingerprint density at radius 2 is 1.91 bits per heavy atom. The lowest BCUT2D eigenvalue weighted by Gasteiger charge is -2.21. The van der Waals surface area contributed by atoms with Crippen molar-refractivity contribution in [2.24, 2.45) is 17.8 Å². The van der Waals surface area contributed by atoms with E-state index in [-0.39, 0.29) is 23.3 Å². The van der Waals surface area contributed by atoms with Crippen molar-refractivity contribution in [1.29, 1.82) is 0 Å². The average Bonchev–Trinajstić information content (AvgIpc) is 3.63. The van der Waals surface area contributed by atoms with E-state index in [0.29, 0.717) is 24.7 Å². The summed E-state index contributed by atoms with van der Waals surface area (Å²) < 4.78 is 61.3. The van der Waals surface area contributed by atoms with Gasteiger partial charge in [-0.3, -0.25) is 4.79 Å². The van der Waals surface area contributed by atoms with Crippen LogP contribution in [0.5, 0.6) is 11.5 Å². The molecular formula is C24H24F4O4. The summed E-state index contributed by atoms with van der Waals surface area (Å²) in [6.07, 6.45) is -2.20. The zero-order valence-electron chi connectivity index (χ0n) is 17.4. The van der Waals surface area contributed by atoms with Crippen molar-refractivity contribution < 1.29 is 36.9 Å². The summed E-state index contributed by atoms with van der Waals surface area (Å²) >= 11 is 0. The Morgan fingerprint density at radius 1 is 1.16 bits per heavy atom. The van der Waals surface area contributed by atoms with E-state index in [2.05, 4.69) is 4.74 Å². The lowest BCUT2D eigenvalue weighted by molar-refractivity contribution is -0.274. The molecule has 4 atom stereocenters. The molecule has 1 unspecified atom stereocenters. The van der Waals surface area contributed by atoms with Crippen LogP contribution in [0.2, 0.25) is 0 Å². The molecule has 0 bridgehead atoms. The van der Waals surface area contributed by atoms with Crippen molar-refractivity contribution in [3.63, 3.8) is 0 Å². The zero-order chi connectivity index (χ0) is 23.0. The Hall–Kier alpha value is -2.77. The molecule has 2 fully saturated rings. The monoisotopic (exact) mass is 452 g/mol. The first-order valence-corrected chi connectivity index (χ1v) is 10.6. The number of carbonyl (C=O) groups is 1. The number of hydrogen-bond acceptors (Lipinski definition) is 3. The van der Waals surface area contributed by atoms with Gasteiger partial charge >= 0.3 is 12.3 Å². The van der Waals surface area contributed by atoms with Crippen molar-refractivity contribution >= 4 is 5.97 Å². The standard InChI is InChI=1S/C24H24F4O4/c1-13(23(29)30)22(14-5-6-14)15-3-2-4-17(9-15)31-12-16-10-19(16)20-11-18(7-8-21(20)25)32-24(26,27)28/h2-4,7-9,11,13-14,16,19,22H,5-6,10,12H2,1H3,(H,29,30)/t13-,16+,19-,22?/m0/s1. The largest absolute Gasteiger partial charge is 0.573 e. The molecule has 0 radical (unpaired) electrons. The number of rotatable bonds is 9. The van der Waals surface area contributed by atoms with Gasteiger partial charge in [-0.05, 0) is 78.5 Å². The van der Waals surface area contributed by atoms with Gasteiger partial charge < -0.3 is 14.6 Å². The van der Waals surface area contributed by atoms with Gasteiger partial charge in [0.25, 0.3) is 0 Å². The molecule has 0 spiro atoms. The minimum absolute atomic E-state index is 0.0218. The normalized spacial score (nSPS) is 22.2. The third-order valence-electron chi connectivity index (χ3n) is 6.29. The number of benzene rings is 2. The maximum absolute atomic E-state index is 14.2. The Morgan fingerprint density at radius 3 is 2.56 bits per heavy atom. The fourth-order valence-corrected chi connectivity index (χ4v) is 4.41. The smallest absolute Gasteiger partial charge is 0.493 e. The van der Waals surface area contributed by atoms with E-state index in [1.165, 1.54) is 0 Å². The highest BCUT2D eigenvalue weighted by Gasteiger charge is 2.42. The minimum atomic E-state index is -4.83. The second-order valence-electron chi connectivity index (χ2n) is 8.71. The van der Waals surface area contributed by atoms with Crippen LogP contribution in [0, 0.1) is 23.6 Å². The Bertz CT molecular complexity index is 986. The summed E-state index contributed by atoms with van der Waals surface area (Å²) in [5.74, 6) is -1.70. The van der Waals surface area contributed by atoms with E-state index in [0.717, 1.165) is 36.6 Å². The first kappa shape index (κ1) is 22.4. The molecule has 4 nitrogen and oxygen atoms in total. The fourth-order valence-electron chi connectivity index (χ4n) is 4.41. The second-order valence-corrected chi connectivity index (χ2v) is 8.71. The molecule has 0 amide bonds. The number of carboxylic acids is 1. The van der Waals surface area contributed by atoms with Crippen LogP contribution in [-0.4, -0.2) is 24.0 Å². The highest BCUT2D eigenvalue weighted by atomic mass is 19.4. The van der Waals surface area contributed by atoms with Crippen molar-refractivity contribution in [2.45, 2.75) is 44.4 Å². The second kappa shape index (κ2) is 8.64. The lowest BCUT2D eigenvalue weighted by Crippen LogP contribution is -2.20. The third-order valence-corrected chi connectivity index (χ3v) is 6.29. The van der Waals surface area contributed by atoms with Crippen LogP contribution in [0.25, 0.3) is 0 Å². The van der Waals surface area contributed by atoms with E-state index in [4.69, 9.17) is 4.74 Å². The fraction of sp³-hybridized carbons (Fsp3) is 0.458. The number of ether oxygens (including phenoxy) is 2. The summed E-state index contributed by atoms with van der Waals surface area (Å²) in [5, 5.41) is 9.45. The topological polar surface area (TPSA) is 55.8 Å². The number of aliphatic carboxylic acids is 1. The van der Waals surface area contributed by atoms with Crippen LogP contribution in [-0.2, 0) is 4.79 Å². The Labute approximate surface area is 183 Å². The Balaban J connectivity index is 1.39. The van der Waals surface area contributed by atoms with E-state index >= 15 is 0 Å². The number of alkyl halides is 3. The molecule has 0 aliphatic heterocycles. The lowest BCUT2D eigenvalue weighted by atomic mass is 9.83. The van der Waals surface area contributed by atoms with Gasteiger partial charge in [-0.25, -0.2) is 4.39 Å². The van der Waals surface area contributed by atoms with Gasteiger partial charge in [0.1, 0.15) is 17.3 Å². The minimum Gasteiger partial charge on any atom is -0.493 e. The zero-order valence-corrected chi connectivity index (χ0v) is 17.4. The van der Waals surface area contributed by atoms with E-state index in [9.17, 15) is 27.5 Å². The molecule has 2 aromatic carbocycles. The Kier molecular flexibility index (Phi) is 6.05. The molecule has 32 heavy (non-hydrogen) atoms. The van der Waals surface area contributed by atoms with Gasteiger partial charge in [-0.1, -0.05) is 19.1 Å². The molecular weight excluding hydrogens is 428 g/mol. The summed E-state index contributed by atoms with van der Waals surface area (Å²) in [6, 6.07) is 10.4. The number of carboxylic acid groups (broad SMARTS) is 1.